The molecule has 2 aliphatic heterocycles. The van der Waals surface area contributed by atoms with Crippen LogP contribution in [0, 0.1) is 12.3 Å². The van der Waals surface area contributed by atoms with Gasteiger partial charge in [0.05, 0.1) is 24.1 Å². The number of hydrogen-bond acceptors (Lipinski definition) is 4. The highest BCUT2D eigenvalue weighted by atomic mass is 16.2. The van der Waals surface area contributed by atoms with Gasteiger partial charge in [-0.2, -0.15) is 0 Å². The van der Waals surface area contributed by atoms with Crippen molar-refractivity contribution in [1.82, 2.24) is 19.8 Å². The van der Waals surface area contributed by atoms with Crippen LogP contribution < -0.4 is 0 Å². The number of piperidine rings is 2. The third kappa shape index (κ3) is 3.89. The Hall–Kier alpha value is -1.49. The summed E-state index contributed by atoms with van der Waals surface area (Å²) >= 11 is 0. The Bertz CT molecular complexity index is 542. The first-order valence-corrected chi connectivity index (χ1v) is 8.88. The summed E-state index contributed by atoms with van der Waals surface area (Å²) in [5.74, 6) is 0.269. The Kier molecular flexibility index (Phi) is 4.95. The quantitative estimate of drug-likeness (QED) is 0.856. The summed E-state index contributed by atoms with van der Waals surface area (Å²) < 4.78 is 0. The standard InChI is InChI=1S/C18H28N4O/c1-3-8-21-9-4-6-18(13-21)7-5-17(23)22(14-18)12-16-11-19-15(2)10-20-16/h10-11H,3-9,12-14H2,1-2H3/t18-/m1/s1. The monoisotopic (exact) mass is 316 g/mol. The van der Waals surface area contributed by atoms with E-state index in [4.69, 9.17) is 0 Å². The Morgan fingerprint density at radius 2 is 2.09 bits per heavy atom. The molecule has 1 spiro atoms. The fourth-order valence-corrected chi connectivity index (χ4v) is 4.09. The zero-order chi connectivity index (χ0) is 16.3. The maximum atomic E-state index is 12.4. The van der Waals surface area contributed by atoms with Crippen LogP contribution in [0.25, 0.3) is 0 Å². The molecule has 5 nitrogen and oxygen atoms in total. The van der Waals surface area contributed by atoms with E-state index in [1.165, 1.54) is 32.4 Å². The van der Waals surface area contributed by atoms with Gasteiger partial charge in [-0.25, -0.2) is 0 Å². The highest BCUT2D eigenvalue weighted by molar-refractivity contribution is 5.77. The van der Waals surface area contributed by atoms with Crippen molar-refractivity contribution in [1.29, 1.82) is 0 Å². The molecule has 0 aliphatic carbocycles. The van der Waals surface area contributed by atoms with Crippen molar-refractivity contribution in [2.24, 2.45) is 5.41 Å². The van der Waals surface area contributed by atoms with Crippen LogP contribution in [-0.2, 0) is 11.3 Å². The predicted molar refractivity (Wildman–Crippen MR) is 89.8 cm³/mol. The SMILES string of the molecule is CCCN1CCC[C@@]2(CCC(=O)N(Cc3cnc(C)cn3)C2)C1. The Morgan fingerprint density at radius 3 is 2.83 bits per heavy atom. The lowest BCUT2D eigenvalue weighted by molar-refractivity contribution is -0.140. The number of aromatic nitrogens is 2. The number of hydrogen-bond donors (Lipinski definition) is 0. The van der Waals surface area contributed by atoms with Gasteiger partial charge in [0.2, 0.25) is 5.91 Å². The molecular formula is C18H28N4O. The molecule has 0 bridgehead atoms. The van der Waals surface area contributed by atoms with Crippen molar-refractivity contribution in [3.63, 3.8) is 0 Å². The maximum absolute atomic E-state index is 12.4. The highest BCUT2D eigenvalue weighted by Crippen LogP contribution is 2.39. The lowest BCUT2D eigenvalue weighted by atomic mass is 9.73. The summed E-state index contributed by atoms with van der Waals surface area (Å²) in [7, 11) is 0. The normalized spacial score (nSPS) is 26.0. The summed E-state index contributed by atoms with van der Waals surface area (Å²) in [4.78, 5) is 25.7. The van der Waals surface area contributed by atoms with E-state index in [1.54, 1.807) is 12.4 Å². The van der Waals surface area contributed by atoms with Crippen LogP contribution in [0.3, 0.4) is 0 Å². The molecule has 5 heteroatoms. The molecule has 1 atom stereocenters. The molecule has 1 amide bonds. The van der Waals surface area contributed by atoms with Gasteiger partial charge in [0, 0.05) is 31.1 Å². The van der Waals surface area contributed by atoms with Crippen LogP contribution >= 0.6 is 0 Å². The second kappa shape index (κ2) is 6.95. The summed E-state index contributed by atoms with van der Waals surface area (Å²) in [5, 5.41) is 0. The lowest BCUT2D eigenvalue weighted by Gasteiger charge is -2.48. The maximum Gasteiger partial charge on any atom is 0.222 e. The van der Waals surface area contributed by atoms with Gasteiger partial charge >= 0.3 is 0 Å². The minimum Gasteiger partial charge on any atom is -0.336 e. The van der Waals surface area contributed by atoms with E-state index in [0.717, 1.165) is 30.9 Å². The van der Waals surface area contributed by atoms with Crippen molar-refractivity contribution >= 4 is 5.91 Å². The van der Waals surface area contributed by atoms with E-state index in [1.807, 2.05) is 11.8 Å². The van der Waals surface area contributed by atoms with Crippen LogP contribution in [0.2, 0.25) is 0 Å². The molecule has 1 aromatic heterocycles. The van der Waals surface area contributed by atoms with Gasteiger partial charge in [0.25, 0.3) is 0 Å². The number of amides is 1. The molecule has 23 heavy (non-hydrogen) atoms. The molecule has 0 unspecified atom stereocenters. The zero-order valence-electron chi connectivity index (χ0n) is 14.4. The Labute approximate surface area is 139 Å². The van der Waals surface area contributed by atoms with Crippen molar-refractivity contribution < 1.29 is 4.79 Å². The average molecular weight is 316 g/mol. The van der Waals surface area contributed by atoms with Crippen LogP contribution in [0.5, 0.6) is 0 Å². The molecule has 2 saturated heterocycles. The Balaban J connectivity index is 1.68. The number of aryl methyl sites for hydroxylation is 1. The minimum atomic E-state index is 0.269. The van der Waals surface area contributed by atoms with Crippen LogP contribution in [-0.4, -0.2) is 51.9 Å². The van der Waals surface area contributed by atoms with Gasteiger partial charge < -0.3 is 9.80 Å². The first kappa shape index (κ1) is 16.4. The smallest absolute Gasteiger partial charge is 0.222 e. The van der Waals surface area contributed by atoms with E-state index in [9.17, 15) is 4.79 Å². The van der Waals surface area contributed by atoms with E-state index in [-0.39, 0.29) is 5.91 Å². The van der Waals surface area contributed by atoms with Gasteiger partial charge in [-0.1, -0.05) is 6.92 Å². The van der Waals surface area contributed by atoms with Crippen LogP contribution in [0.1, 0.15) is 50.4 Å². The minimum absolute atomic E-state index is 0.269. The van der Waals surface area contributed by atoms with Crippen LogP contribution in [0.4, 0.5) is 0 Å². The largest absolute Gasteiger partial charge is 0.336 e. The summed E-state index contributed by atoms with van der Waals surface area (Å²) in [5.41, 5.74) is 2.10. The van der Waals surface area contributed by atoms with Crippen LogP contribution in [0.15, 0.2) is 12.4 Å². The molecule has 0 N–H and O–H groups in total. The van der Waals surface area contributed by atoms with Gasteiger partial charge in [0.1, 0.15) is 0 Å². The highest BCUT2D eigenvalue weighted by Gasteiger charge is 2.41. The van der Waals surface area contributed by atoms with Gasteiger partial charge in [-0.3, -0.25) is 14.8 Å². The molecule has 0 aromatic carbocycles. The fourth-order valence-electron chi connectivity index (χ4n) is 4.09. The zero-order valence-corrected chi connectivity index (χ0v) is 14.4. The molecule has 3 rings (SSSR count). The molecule has 1 aromatic rings. The second-order valence-corrected chi connectivity index (χ2v) is 7.28. The van der Waals surface area contributed by atoms with E-state index < -0.39 is 0 Å². The number of rotatable bonds is 4. The van der Waals surface area contributed by atoms with Gasteiger partial charge in [-0.15, -0.1) is 0 Å². The lowest BCUT2D eigenvalue weighted by Crippen LogP contribution is -2.53. The molecular weight excluding hydrogens is 288 g/mol. The summed E-state index contributed by atoms with van der Waals surface area (Å²) in [6.07, 6.45) is 9.01. The topological polar surface area (TPSA) is 49.3 Å². The molecule has 2 fully saturated rings. The summed E-state index contributed by atoms with van der Waals surface area (Å²) in [6, 6.07) is 0. The molecule has 0 saturated carbocycles. The van der Waals surface area contributed by atoms with E-state index in [2.05, 4.69) is 21.8 Å². The summed E-state index contributed by atoms with van der Waals surface area (Å²) in [6.45, 7) is 9.19. The first-order chi connectivity index (χ1) is 11.1. The second-order valence-electron chi connectivity index (χ2n) is 7.28. The van der Waals surface area contributed by atoms with Crippen molar-refractivity contribution in [2.75, 3.05) is 26.2 Å². The number of likely N-dealkylation sites (tertiary alicyclic amines) is 2. The number of carbonyl (C=O) groups is 1. The molecule has 3 heterocycles. The fraction of sp³-hybridized carbons (Fsp3) is 0.722. The van der Waals surface area contributed by atoms with Crippen molar-refractivity contribution in [3.8, 4) is 0 Å². The molecule has 0 radical (unpaired) electrons. The average Bonchev–Trinajstić information content (AvgIpc) is 2.54. The molecule has 126 valence electrons. The van der Waals surface area contributed by atoms with Gasteiger partial charge in [0.15, 0.2) is 0 Å². The van der Waals surface area contributed by atoms with Crippen molar-refractivity contribution in [3.05, 3.63) is 23.8 Å². The number of nitrogens with zero attached hydrogens (tertiary/aromatic N) is 4. The third-order valence-corrected chi connectivity index (χ3v) is 5.22. The Morgan fingerprint density at radius 1 is 1.22 bits per heavy atom. The number of carbonyl (C=O) groups excluding carboxylic acids is 1. The van der Waals surface area contributed by atoms with E-state index >= 15 is 0 Å². The molecule has 2 aliphatic rings. The third-order valence-electron chi connectivity index (χ3n) is 5.22. The predicted octanol–water partition coefficient (Wildman–Crippen LogP) is 2.40. The van der Waals surface area contributed by atoms with Crippen molar-refractivity contribution in [2.45, 2.75) is 52.5 Å². The first-order valence-electron chi connectivity index (χ1n) is 8.88. The van der Waals surface area contributed by atoms with Gasteiger partial charge in [-0.05, 0) is 45.7 Å². The van der Waals surface area contributed by atoms with E-state index in [0.29, 0.717) is 18.4 Å².